The third-order valence-electron chi connectivity index (χ3n) is 7.53. The summed E-state index contributed by atoms with van der Waals surface area (Å²) in [5, 5.41) is 0. The number of carbonyl (C=O) groups is 2. The fourth-order valence-corrected chi connectivity index (χ4v) is 5.73. The van der Waals surface area contributed by atoms with Gasteiger partial charge < -0.3 is 14.7 Å². The zero-order chi connectivity index (χ0) is 20.5. The lowest BCUT2D eigenvalue weighted by Gasteiger charge is -2.31. The van der Waals surface area contributed by atoms with Gasteiger partial charge in [0.1, 0.15) is 0 Å². The van der Waals surface area contributed by atoms with Gasteiger partial charge in [-0.05, 0) is 63.4 Å². The monoisotopic (exact) mass is 397 g/mol. The van der Waals surface area contributed by atoms with E-state index in [-0.39, 0.29) is 11.9 Å². The summed E-state index contributed by atoms with van der Waals surface area (Å²) in [6, 6.07) is 8.50. The number of benzene rings is 1. The molecule has 4 rings (SSSR count). The molecule has 2 amide bonds. The molecule has 0 spiro atoms. The summed E-state index contributed by atoms with van der Waals surface area (Å²) in [4.78, 5) is 31.8. The van der Waals surface area contributed by atoms with Crippen molar-refractivity contribution >= 4 is 11.8 Å². The molecule has 0 radical (unpaired) electrons. The molecule has 0 unspecified atom stereocenters. The van der Waals surface area contributed by atoms with Crippen LogP contribution in [-0.4, -0.2) is 66.3 Å². The number of fused-ring (bicyclic) bond motifs is 1. The van der Waals surface area contributed by atoms with E-state index in [0.29, 0.717) is 30.1 Å². The van der Waals surface area contributed by atoms with Crippen LogP contribution in [0.25, 0.3) is 0 Å². The van der Waals surface area contributed by atoms with E-state index in [4.69, 9.17) is 0 Å². The average Bonchev–Trinajstić information content (AvgIpc) is 3.26. The van der Waals surface area contributed by atoms with E-state index in [1.807, 2.05) is 4.90 Å². The van der Waals surface area contributed by atoms with E-state index < -0.39 is 0 Å². The first-order chi connectivity index (χ1) is 13.9. The number of nitrogens with zero attached hydrogens (tertiary/aromatic N) is 3. The minimum absolute atomic E-state index is 0.102. The quantitative estimate of drug-likeness (QED) is 0.784. The Morgan fingerprint density at radius 2 is 1.79 bits per heavy atom. The van der Waals surface area contributed by atoms with Crippen molar-refractivity contribution < 1.29 is 9.59 Å². The van der Waals surface area contributed by atoms with Crippen molar-refractivity contribution in [3.63, 3.8) is 0 Å². The van der Waals surface area contributed by atoms with Crippen molar-refractivity contribution in [3.8, 4) is 0 Å². The molecule has 3 aliphatic rings. The maximum atomic E-state index is 12.9. The van der Waals surface area contributed by atoms with E-state index in [0.717, 1.165) is 39.1 Å². The van der Waals surface area contributed by atoms with Gasteiger partial charge in [0.15, 0.2) is 0 Å². The SMILES string of the molecule is CC(=O)N1C[C@H]2CN(C(=O)CCC3CCN(C)CC3)C[C@H]2[C@H]1c1ccccc1C. The molecule has 5 heteroatoms. The third kappa shape index (κ3) is 4.20. The van der Waals surface area contributed by atoms with Gasteiger partial charge in [0, 0.05) is 44.8 Å². The summed E-state index contributed by atoms with van der Waals surface area (Å²) < 4.78 is 0. The number of rotatable bonds is 4. The lowest BCUT2D eigenvalue weighted by Crippen LogP contribution is -2.37. The van der Waals surface area contributed by atoms with Crippen molar-refractivity contribution in [1.29, 1.82) is 0 Å². The van der Waals surface area contributed by atoms with Crippen LogP contribution in [0.3, 0.4) is 0 Å². The second-order valence-corrected chi connectivity index (χ2v) is 9.48. The average molecular weight is 398 g/mol. The van der Waals surface area contributed by atoms with E-state index in [9.17, 15) is 9.59 Å². The van der Waals surface area contributed by atoms with Gasteiger partial charge in [0.05, 0.1) is 6.04 Å². The van der Waals surface area contributed by atoms with Gasteiger partial charge in [-0.1, -0.05) is 24.3 Å². The van der Waals surface area contributed by atoms with Gasteiger partial charge in [-0.3, -0.25) is 9.59 Å². The van der Waals surface area contributed by atoms with Gasteiger partial charge in [-0.15, -0.1) is 0 Å². The number of likely N-dealkylation sites (tertiary alicyclic amines) is 3. The molecule has 158 valence electrons. The Labute approximate surface area is 175 Å². The number of carbonyl (C=O) groups excluding carboxylic acids is 2. The van der Waals surface area contributed by atoms with Crippen molar-refractivity contribution in [2.45, 2.75) is 45.6 Å². The summed E-state index contributed by atoms with van der Waals surface area (Å²) in [6.45, 7) is 8.50. The second-order valence-electron chi connectivity index (χ2n) is 9.48. The highest BCUT2D eigenvalue weighted by molar-refractivity contribution is 5.77. The van der Waals surface area contributed by atoms with Crippen LogP contribution < -0.4 is 0 Å². The molecule has 1 aromatic rings. The first kappa shape index (κ1) is 20.4. The smallest absolute Gasteiger partial charge is 0.222 e. The molecular weight excluding hydrogens is 362 g/mol. The first-order valence-electron chi connectivity index (χ1n) is 11.2. The molecule has 5 nitrogen and oxygen atoms in total. The molecule has 0 saturated carbocycles. The Hall–Kier alpha value is -1.88. The van der Waals surface area contributed by atoms with Crippen LogP contribution in [0.2, 0.25) is 0 Å². The maximum Gasteiger partial charge on any atom is 0.222 e. The van der Waals surface area contributed by atoms with Crippen LogP contribution in [0.15, 0.2) is 24.3 Å². The van der Waals surface area contributed by atoms with Crippen LogP contribution in [0, 0.1) is 24.7 Å². The maximum absolute atomic E-state index is 12.9. The molecule has 0 aliphatic carbocycles. The van der Waals surface area contributed by atoms with Crippen LogP contribution in [0.1, 0.15) is 49.8 Å². The number of piperidine rings is 1. The van der Waals surface area contributed by atoms with Crippen molar-refractivity contribution in [2.75, 3.05) is 39.8 Å². The van der Waals surface area contributed by atoms with Crippen molar-refractivity contribution in [1.82, 2.24) is 14.7 Å². The zero-order valence-corrected chi connectivity index (χ0v) is 18.1. The van der Waals surface area contributed by atoms with E-state index >= 15 is 0 Å². The van der Waals surface area contributed by atoms with Crippen LogP contribution in [-0.2, 0) is 9.59 Å². The molecule has 3 aliphatic heterocycles. The van der Waals surface area contributed by atoms with E-state index in [2.05, 4.69) is 48.0 Å². The van der Waals surface area contributed by atoms with Gasteiger partial charge >= 0.3 is 0 Å². The molecule has 3 fully saturated rings. The Morgan fingerprint density at radius 1 is 1.07 bits per heavy atom. The fraction of sp³-hybridized carbons (Fsp3) is 0.667. The molecule has 3 saturated heterocycles. The largest absolute Gasteiger partial charge is 0.342 e. The number of hydrogen-bond acceptors (Lipinski definition) is 3. The van der Waals surface area contributed by atoms with E-state index in [1.165, 1.54) is 24.0 Å². The Balaban J connectivity index is 1.40. The third-order valence-corrected chi connectivity index (χ3v) is 7.53. The molecule has 3 heterocycles. The minimum Gasteiger partial charge on any atom is -0.342 e. The molecule has 0 bridgehead atoms. The number of aryl methyl sites for hydroxylation is 1. The summed E-state index contributed by atoms with van der Waals surface area (Å²) in [7, 11) is 2.18. The van der Waals surface area contributed by atoms with Gasteiger partial charge in [0.2, 0.25) is 11.8 Å². The highest BCUT2D eigenvalue weighted by atomic mass is 16.2. The predicted molar refractivity (Wildman–Crippen MR) is 114 cm³/mol. The summed E-state index contributed by atoms with van der Waals surface area (Å²) in [5.41, 5.74) is 2.48. The van der Waals surface area contributed by atoms with E-state index in [1.54, 1.807) is 6.92 Å². The second kappa shape index (κ2) is 8.47. The lowest BCUT2D eigenvalue weighted by molar-refractivity contribution is -0.132. The van der Waals surface area contributed by atoms with Crippen molar-refractivity contribution in [2.24, 2.45) is 17.8 Å². The van der Waals surface area contributed by atoms with Crippen molar-refractivity contribution in [3.05, 3.63) is 35.4 Å². The molecule has 29 heavy (non-hydrogen) atoms. The van der Waals surface area contributed by atoms with Crippen LogP contribution >= 0.6 is 0 Å². The van der Waals surface area contributed by atoms with Crippen LogP contribution in [0.4, 0.5) is 0 Å². The Bertz CT molecular complexity index is 756. The predicted octanol–water partition coefficient (Wildman–Crippen LogP) is 3.09. The Kier molecular flexibility index (Phi) is 5.95. The Morgan fingerprint density at radius 3 is 2.48 bits per heavy atom. The topological polar surface area (TPSA) is 43.9 Å². The molecular formula is C24H35N3O2. The molecule has 1 aromatic carbocycles. The normalized spacial score (nSPS) is 28.0. The summed E-state index contributed by atoms with van der Waals surface area (Å²) in [6.07, 6.45) is 4.15. The van der Waals surface area contributed by atoms with Gasteiger partial charge in [0.25, 0.3) is 0 Å². The first-order valence-corrected chi connectivity index (χ1v) is 11.2. The minimum atomic E-state index is 0.102. The zero-order valence-electron chi connectivity index (χ0n) is 18.1. The lowest BCUT2D eigenvalue weighted by atomic mass is 9.87. The molecule has 3 atom stereocenters. The highest BCUT2D eigenvalue weighted by Gasteiger charge is 2.49. The molecule has 0 N–H and O–H groups in total. The summed E-state index contributed by atoms with van der Waals surface area (Å²) >= 11 is 0. The fourth-order valence-electron chi connectivity index (χ4n) is 5.73. The summed E-state index contributed by atoms with van der Waals surface area (Å²) in [5.74, 6) is 1.91. The molecule has 0 aromatic heterocycles. The number of hydrogen-bond donors (Lipinski definition) is 0. The number of amides is 2. The van der Waals surface area contributed by atoms with Crippen LogP contribution in [0.5, 0.6) is 0 Å². The van der Waals surface area contributed by atoms with Gasteiger partial charge in [-0.25, -0.2) is 0 Å². The van der Waals surface area contributed by atoms with Gasteiger partial charge in [-0.2, -0.15) is 0 Å². The highest BCUT2D eigenvalue weighted by Crippen LogP contribution is 2.46. The standard InChI is InChI=1S/C24H35N3O2/c1-17-6-4-5-7-21(17)24-22-16-26(14-20(22)15-27(24)18(2)28)23(29)9-8-19-10-12-25(3)13-11-19/h4-7,19-20,22,24H,8-16H2,1-3H3/t20-,22-,24-/m1/s1.